The molecule has 0 spiro atoms. The Hall–Kier alpha value is -2.77. The van der Waals surface area contributed by atoms with Crippen LogP contribution in [0.5, 0.6) is 0 Å². The van der Waals surface area contributed by atoms with Gasteiger partial charge >= 0.3 is 12.2 Å². The van der Waals surface area contributed by atoms with E-state index >= 15 is 0 Å². The highest BCUT2D eigenvalue weighted by Gasteiger charge is 2.37. The van der Waals surface area contributed by atoms with Crippen LogP contribution in [0.1, 0.15) is 32.8 Å². The lowest BCUT2D eigenvalue weighted by molar-refractivity contribution is -0.124. The molecular weight excluding hydrogens is 326 g/mol. The first kappa shape index (κ1) is 18.6. The molecule has 8 heteroatoms. The van der Waals surface area contributed by atoms with Gasteiger partial charge in [-0.15, -0.1) is 0 Å². The number of benzene rings is 1. The highest BCUT2D eigenvalue weighted by Crippen LogP contribution is 2.14. The second-order valence-corrected chi connectivity index (χ2v) is 6.62. The Labute approximate surface area is 146 Å². The summed E-state index contributed by atoms with van der Waals surface area (Å²) < 4.78 is 10.4. The third-order valence-electron chi connectivity index (χ3n) is 3.35. The topological polar surface area (TPSA) is 97.0 Å². The van der Waals surface area contributed by atoms with Crippen molar-refractivity contribution in [1.82, 2.24) is 15.8 Å². The molecule has 0 saturated carbocycles. The normalized spacial score (nSPS) is 16.8. The highest BCUT2D eigenvalue weighted by molar-refractivity contribution is 5.88. The molecule has 8 nitrogen and oxygen atoms in total. The first-order valence-corrected chi connectivity index (χ1v) is 8.03. The number of hydrogen-bond donors (Lipinski definition) is 2. The van der Waals surface area contributed by atoms with Crippen molar-refractivity contribution in [2.45, 2.75) is 45.4 Å². The van der Waals surface area contributed by atoms with E-state index in [1.807, 2.05) is 30.3 Å². The standard InChI is InChI=1S/C17H23N3O5/c1-17(2,3)25-16(23)20(13-9-10-18-14(13)21)19-15(22)24-11-12-7-5-4-6-8-12/h4-8,13H,9-11H2,1-3H3,(H,18,21)(H,19,22)/t13-/m1/s1. The number of nitrogens with zero attached hydrogens (tertiary/aromatic N) is 1. The Kier molecular flexibility index (Phi) is 5.84. The predicted molar refractivity (Wildman–Crippen MR) is 89.3 cm³/mol. The number of amides is 3. The maximum absolute atomic E-state index is 12.4. The van der Waals surface area contributed by atoms with Crippen LogP contribution in [0.25, 0.3) is 0 Å². The molecule has 0 bridgehead atoms. The average molecular weight is 349 g/mol. The summed E-state index contributed by atoms with van der Waals surface area (Å²) in [4.78, 5) is 36.3. The number of rotatable bonds is 3. The van der Waals surface area contributed by atoms with E-state index in [9.17, 15) is 14.4 Å². The highest BCUT2D eigenvalue weighted by atomic mass is 16.6. The summed E-state index contributed by atoms with van der Waals surface area (Å²) in [5.41, 5.74) is 2.36. The van der Waals surface area contributed by atoms with Crippen LogP contribution in [0.2, 0.25) is 0 Å². The summed E-state index contributed by atoms with van der Waals surface area (Å²) in [6.07, 6.45) is -1.28. The fraction of sp³-hybridized carbons (Fsp3) is 0.471. The first-order valence-electron chi connectivity index (χ1n) is 8.03. The van der Waals surface area contributed by atoms with Gasteiger partial charge in [0.15, 0.2) is 0 Å². The second-order valence-electron chi connectivity index (χ2n) is 6.62. The molecule has 0 unspecified atom stereocenters. The van der Waals surface area contributed by atoms with Crippen LogP contribution in [0, 0.1) is 0 Å². The second kappa shape index (κ2) is 7.87. The summed E-state index contributed by atoms with van der Waals surface area (Å²) in [7, 11) is 0. The van der Waals surface area contributed by atoms with Crippen molar-refractivity contribution in [1.29, 1.82) is 0 Å². The molecule has 1 aliphatic heterocycles. The van der Waals surface area contributed by atoms with Crippen molar-refractivity contribution in [3.63, 3.8) is 0 Å². The summed E-state index contributed by atoms with van der Waals surface area (Å²) in [5.74, 6) is -0.353. The van der Waals surface area contributed by atoms with Crippen molar-refractivity contribution in [3.05, 3.63) is 35.9 Å². The van der Waals surface area contributed by atoms with E-state index in [1.54, 1.807) is 20.8 Å². The molecule has 1 atom stereocenters. The minimum atomic E-state index is -0.839. The Balaban J connectivity index is 2.00. The van der Waals surface area contributed by atoms with Gasteiger partial charge in [-0.1, -0.05) is 30.3 Å². The van der Waals surface area contributed by atoms with Crippen LogP contribution in [-0.2, 0) is 20.9 Å². The van der Waals surface area contributed by atoms with Crippen LogP contribution in [0.4, 0.5) is 9.59 Å². The molecule has 25 heavy (non-hydrogen) atoms. The van der Waals surface area contributed by atoms with E-state index in [0.717, 1.165) is 10.6 Å². The Morgan fingerprint density at radius 1 is 1.28 bits per heavy atom. The predicted octanol–water partition coefficient (Wildman–Crippen LogP) is 1.95. The molecule has 136 valence electrons. The monoisotopic (exact) mass is 349 g/mol. The largest absolute Gasteiger partial charge is 0.443 e. The van der Waals surface area contributed by atoms with Gasteiger partial charge in [-0.3, -0.25) is 4.79 Å². The third-order valence-corrected chi connectivity index (χ3v) is 3.35. The van der Waals surface area contributed by atoms with Gasteiger partial charge in [0.25, 0.3) is 0 Å². The molecule has 2 N–H and O–H groups in total. The Bertz CT molecular complexity index is 627. The summed E-state index contributed by atoms with van der Waals surface area (Å²) in [6.45, 7) is 5.57. The molecule has 0 radical (unpaired) electrons. The molecule has 1 fully saturated rings. The van der Waals surface area contributed by atoms with Crippen LogP contribution < -0.4 is 10.7 Å². The van der Waals surface area contributed by atoms with Crippen molar-refractivity contribution < 1.29 is 23.9 Å². The molecule has 1 aromatic carbocycles. The van der Waals surface area contributed by atoms with E-state index in [1.165, 1.54) is 0 Å². The van der Waals surface area contributed by atoms with Crippen molar-refractivity contribution in [3.8, 4) is 0 Å². The van der Waals surface area contributed by atoms with E-state index < -0.39 is 23.8 Å². The first-order chi connectivity index (χ1) is 11.8. The number of ether oxygens (including phenoxy) is 2. The van der Waals surface area contributed by atoms with Crippen molar-refractivity contribution >= 4 is 18.1 Å². The van der Waals surface area contributed by atoms with Crippen LogP contribution in [0.3, 0.4) is 0 Å². The minimum Gasteiger partial charge on any atom is -0.443 e. The van der Waals surface area contributed by atoms with Gasteiger partial charge in [-0.25, -0.2) is 20.0 Å². The van der Waals surface area contributed by atoms with Gasteiger partial charge in [-0.05, 0) is 32.8 Å². The molecule has 2 rings (SSSR count). The number of nitrogens with one attached hydrogen (secondary N) is 2. The number of carbonyl (C=O) groups excluding carboxylic acids is 3. The molecule has 0 aliphatic carbocycles. The van der Waals surface area contributed by atoms with Crippen LogP contribution >= 0.6 is 0 Å². The molecular formula is C17H23N3O5. The summed E-state index contributed by atoms with van der Waals surface area (Å²) in [6, 6.07) is 8.29. The number of carbonyl (C=O) groups is 3. The molecule has 1 aromatic rings. The lowest BCUT2D eigenvalue weighted by Gasteiger charge is -2.29. The quantitative estimate of drug-likeness (QED) is 0.813. The summed E-state index contributed by atoms with van der Waals surface area (Å²) in [5, 5.41) is 3.51. The van der Waals surface area contributed by atoms with Gasteiger partial charge in [0.05, 0.1) is 0 Å². The molecule has 1 heterocycles. The van der Waals surface area contributed by atoms with Gasteiger partial charge in [0, 0.05) is 6.54 Å². The van der Waals surface area contributed by atoms with Crippen molar-refractivity contribution in [2.75, 3.05) is 6.54 Å². The Morgan fingerprint density at radius 2 is 1.96 bits per heavy atom. The van der Waals surface area contributed by atoms with E-state index in [0.29, 0.717) is 13.0 Å². The van der Waals surface area contributed by atoms with Gasteiger partial charge in [0.2, 0.25) is 5.91 Å². The van der Waals surface area contributed by atoms with E-state index in [-0.39, 0.29) is 12.5 Å². The van der Waals surface area contributed by atoms with E-state index in [4.69, 9.17) is 9.47 Å². The maximum Gasteiger partial charge on any atom is 0.430 e. The van der Waals surface area contributed by atoms with Crippen LogP contribution in [-0.4, -0.2) is 41.3 Å². The molecule has 3 amide bonds. The molecule has 1 aliphatic rings. The molecule has 1 saturated heterocycles. The van der Waals surface area contributed by atoms with Crippen molar-refractivity contribution in [2.24, 2.45) is 0 Å². The third kappa shape index (κ3) is 5.66. The number of hydrazine groups is 1. The van der Waals surface area contributed by atoms with Gasteiger partial charge < -0.3 is 14.8 Å². The van der Waals surface area contributed by atoms with Crippen LogP contribution in [0.15, 0.2) is 30.3 Å². The van der Waals surface area contributed by atoms with E-state index in [2.05, 4.69) is 10.7 Å². The average Bonchev–Trinajstić information content (AvgIpc) is 2.95. The number of hydrogen-bond acceptors (Lipinski definition) is 5. The molecule has 0 aromatic heterocycles. The summed E-state index contributed by atoms with van der Waals surface area (Å²) >= 11 is 0. The zero-order valence-electron chi connectivity index (χ0n) is 14.6. The minimum absolute atomic E-state index is 0.0473. The zero-order chi connectivity index (χ0) is 18.4. The Morgan fingerprint density at radius 3 is 2.52 bits per heavy atom. The van der Waals surface area contributed by atoms with Gasteiger partial charge in [0.1, 0.15) is 18.2 Å². The lowest BCUT2D eigenvalue weighted by Crippen LogP contribution is -2.55. The smallest absolute Gasteiger partial charge is 0.430 e. The SMILES string of the molecule is CC(C)(C)OC(=O)N(NC(=O)OCc1ccccc1)[C@@H]1CCNC1=O. The maximum atomic E-state index is 12.4. The zero-order valence-corrected chi connectivity index (χ0v) is 14.6. The lowest BCUT2D eigenvalue weighted by atomic mass is 10.2. The van der Waals surface area contributed by atoms with Gasteiger partial charge in [-0.2, -0.15) is 0 Å². The fourth-order valence-electron chi connectivity index (χ4n) is 2.24. The fourth-order valence-corrected chi connectivity index (χ4v) is 2.24.